The fourth-order valence-corrected chi connectivity index (χ4v) is 6.80. The number of hydrogen-bond acceptors (Lipinski definition) is 9. The highest BCUT2D eigenvalue weighted by molar-refractivity contribution is 7.99. The Morgan fingerprint density at radius 2 is 1.91 bits per heavy atom. The van der Waals surface area contributed by atoms with Crippen LogP contribution in [0.4, 0.5) is 14.6 Å². The Kier molecular flexibility index (Phi) is 8.32. The summed E-state index contributed by atoms with van der Waals surface area (Å²) in [7, 11) is 5.76. The summed E-state index contributed by atoms with van der Waals surface area (Å²) in [5.74, 6) is 1.14. The first-order valence-electron chi connectivity index (χ1n) is 14.8. The first-order chi connectivity index (χ1) is 20.8. The maximum absolute atomic E-state index is 16.9. The molecule has 0 N–H and O–H groups in total. The van der Waals surface area contributed by atoms with E-state index in [1.165, 1.54) is 31.4 Å². The lowest BCUT2D eigenvalue weighted by atomic mass is 9.75. The average molecular weight is 610 g/mol. The summed E-state index contributed by atoms with van der Waals surface area (Å²) in [6.45, 7) is 5.59. The molecule has 2 aromatic carbocycles. The molecule has 1 fully saturated rings. The van der Waals surface area contributed by atoms with Crippen LogP contribution < -0.4 is 14.4 Å². The van der Waals surface area contributed by atoms with Crippen molar-refractivity contribution in [2.24, 2.45) is 0 Å². The summed E-state index contributed by atoms with van der Waals surface area (Å²) in [6, 6.07) is 6.59. The third-order valence-electron chi connectivity index (χ3n) is 8.70. The van der Waals surface area contributed by atoms with Crippen LogP contribution in [0.2, 0.25) is 0 Å². The maximum atomic E-state index is 16.9. The predicted octanol–water partition coefficient (Wildman–Crippen LogP) is 6.46. The van der Waals surface area contributed by atoms with Crippen molar-refractivity contribution in [1.82, 2.24) is 19.9 Å². The molecule has 228 valence electrons. The van der Waals surface area contributed by atoms with E-state index in [1.54, 1.807) is 18.2 Å². The number of halogens is 2. The third kappa shape index (κ3) is 5.25. The van der Waals surface area contributed by atoms with E-state index in [2.05, 4.69) is 23.9 Å². The Hall–Kier alpha value is -3.28. The van der Waals surface area contributed by atoms with Gasteiger partial charge in [0, 0.05) is 24.8 Å². The van der Waals surface area contributed by atoms with Gasteiger partial charge in [-0.05, 0) is 80.1 Å². The molecule has 4 aromatic rings. The number of likely N-dealkylation sites (N-methyl/N-ethyl adjacent to an activating group) is 1. The minimum atomic E-state index is -0.603. The molecule has 0 unspecified atom stereocenters. The number of nitrogens with zero attached hydrogens (tertiary/aromatic N) is 5. The fourth-order valence-electron chi connectivity index (χ4n) is 6.24. The van der Waals surface area contributed by atoms with E-state index in [4.69, 9.17) is 29.2 Å². The molecule has 0 amide bonds. The van der Waals surface area contributed by atoms with E-state index < -0.39 is 5.82 Å². The highest BCUT2D eigenvalue weighted by atomic mass is 32.2. The van der Waals surface area contributed by atoms with Gasteiger partial charge < -0.3 is 24.0 Å². The molecule has 3 heterocycles. The van der Waals surface area contributed by atoms with Crippen molar-refractivity contribution >= 4 is 39.3 Å². The van der Waals surface area contributed by atoms with Gasteiger partial charge in [-0.1, -0.05) is 31.7 Å². The molecule has 0 bridgehead atoms. The summed E-state index contributed by atoms with van der Waals surface area (Å²) in [5.41, 5.74) is 1.08. The highest BCUT2D eigenvalue weighted by Gasteiger charge is 2.42. The zero-order valence-electron chi connectivity index (χ0n) is 25.3. The van der Waals surface area contributed by atoms with Crippen LogP contribution in [0.25, 0.3) is 32.9 Å². The molecule has 0 atom stereocenters. The molecule has 0 radical (unpaired) electrons. The number of fused-ring (bicyclic) bond motifs is 1. The number of pyridine rings is 1. The van der Waals surface area contributed by atoms with Crippen molar-refractivity contribution in [3.05, 3.63) is 41.5 Å². The second kappa shape index (κ2) is 12.0. The van der Waals surface area contributed by atoms with Gasteiger partial charge in [0.05, 0.1) is 6.54 Å². The van der Waals surface area contributed by atoms with Crippen molar-refractivity contribution < 1.29 is 23.0 Å². The van der Waals surface area contributed by atoms with Crippen molar-refractivity contribution in [3.8, 4) is 22.9 Å². The molecular weight excluding hydrogens is 572 g/mol. The Labute approximate surface area is 254 Å². The van der Waals surface area contributed by atoms with E-state index in [0.717, 1.165) is 25.1 Å². The van der Waals surface area contributed by atoms with Gasteiger partial charge in [0.25, 0.3) is 0 Å². The number of hydrogen-bond donors (Lipinski definition) is 0. The molecule has 2 aromatic heterocycles. The standard InChI is InChI=1S/C32H37F2N5O3S/c1-6-21-23(33)10-9-19-15-20(42-18-40-5)16-22(24(19)21)27-26(34)28-25-29(37-31(36-28)43-7-2)39(13-14-41-30(25)35-27)17-32(38(3)4)11-8-12-32/h9-10,15-16H,6-8,11-14,17-18H2,1-5H3. The second-order valence-electron chi connectivity index (χ2n) is 11.3. The average Bonchev–Trinajstić information content (AvgIpc) is 3.14. The lowest BCUT2D eigenvalue weighted by Gasteiger charge is -2.49. The number of methoxy groups -OCH3 is 1. The van der Waals surface area contributed by atoms with Gasteiger partial charge in [0.1, 0.15) is 40.6 Å². The molecule has 2 aliphatic rings. The van der Waals surface area contributed by atoms with Crippen LogP contribution in [0.15, 0.2) is 29.4 Å². The van der Waals surface area contributed by atoms with Crippen molar-refractivity contribution in [1.29, 1.82) is 0 Å². The number of aromatic nitrogens is 3. The van der Waals surface area contributed by atoms with Gasteiger partial charge >= 0.3 is 0 Å². The fraction of sp³-hybridized carbons (Fsp3) is 0.469. The summed E-state index contributed by atoms with van der Waals surface area (Å²) in [4.78, 5) is 18.9. The lowest BCUT2D eigenvalue weighted by Crippen LogP contribution is -2.57. The number of thioether (sulfide) groups is 1. The van der Waals surface area contributed by atoms with Crippen molar-refractivity contribution in [2.45, 2.75) is 50.2 Å². The zero-order valence-corrected chi connectivity index (χ0v) is 26.1. The molecular formula is C32H37F2N5O3S. The molecule has 1 aliphatic heterocycles. The van der Waals surface area contributed by atoms with E-state index in [1.807, 2.05) is 13.8 Å². The van der Waals surface area contributed by atoms with Crippen LogP contribution in [0.5, 0.6) is 11.6 Å². The van der Waals surface area contributed by atoms with Gasteiger partial charge in [-0.15, -0.1) is 0 Å². The van der Waals surface area contributed by atoms with Gasteiger partial charge in [-0.2, -0.15) is 0 Å². The number of ether oxygens (including phenoxy) is 3. The summed E-state index contributed by atoms with van der Waals surface area (Å²) < 4.78 is 49.2. The van der Waals surface area contributed by atoms with E-state index in [-0.39, 0.29) is 35.2 Å². The highest BCUT2D eigenvalue weighted by Crippen LogP contribution is 2.44. The smallest absolute Gasteiger partial charge is 0.227 e. The third-order valence-corrected chi connectivity index (χ3v) is 9.43. The number of benzene rings is 2. The van der Waals surface area contributed by atoms with Crippen LogP contribution in [-0.2, 0) is 11.2 Å². The summed E-state index contributed by atoms with van der Waals surface area (Å²) >= 11 is 1.46. The SMILES string of the molecule is CCSc1nc2c3c(nc(-c4cc(OCOC)cc5ccc(F)c(CC)c45)c(F)c3n1)OCCN2CC1(N(C)C)CCC1. The summed E-state index contributed by atoms with van der Waals surface area (Å²) in [5, 5.41) is 2.25. The largest absolute Gasteiger partial charge is 0.475 e. The Morgan fingerprint density at radius 3 is 2.58 bits per heavy atom. The molecule has 6 rings (SSSR count). The van der Waals surface area contributed by atoms with Crippen LogP contribution in [-0.4, -0.2) is 78.8 Å². The van der Waals surface area contributed by atoms with Crippen molar-refractivity contribution in [3.63, 3.8) is 0 Å². The second-order valence-corrected chi connectivity index (χ2v) is 12.5. The first kappa shape index (κ1) is 29.8. The molecule has 8 nitrogen and oxygen atoms in total. The topological polar surface area (TPSA) is 72.8 Å². The molecule has 0 spiro atoms. The Balaban J connectivity index is 1.61. The van der Waals surface area contributed by atoms with Crippen LogP contribution in [0.3, 0.4) is 0 Å². The normalized spacial score (nSPS) is 16.0. The van der Waals surface area contributed by atoms with E-state index >= 15 is 8.78 Å². The van der Waals surface area contributed by atoms with E-state index in [0.29, 0.717) is 63.6 Å². The van der Waals surface area contributed by atoms with Gasteiger partial charge in [-0.25, -0.2) is 23.7 Å². The lowest BCUT2D eigenvalue weighted by molar-refractivity contribution is 0.0512. The number of anilines is 1. The summed E-state index contributed by atoms with van der Waals surface area (Å²) in [6.07, 6.45) is 3.77. The minimum absolute atomic E-state index is 0.00717. The first-order valence-corrected chi connectivity index (χ1v) is 15.7. The predicted molar refractivity (Wildman–Crippen MR) is 166 cm³/mol. The Morgan fingerprint density at radius 1 is 1.09 bits per heavy atom. The maximum Gasteiger partial charge on any atom is 0.227 e. The number of aryl methyl sites for hydroxylation is 1. The van der Waals surface area contributed by atoms with Crippen LogP contribution in [0, 0.1) is 11.6 Å². The van der Waals surface area contributed by atoms with Crippen LogP contribution in [0.1, 0.15) is 38.7 Å². The van der Waals surface area contributed by atoms with Gasteiger partial charge in [0.15, 0.2) is 17.8 Å². The zero-order chi connectivity index (χ0) is 30.3. The quantitative estimate of drug-likeness (QED) is 0.114. The molecule has 11 heteroatoms. The monoisotopic (exact) mass is 609 g/mol. The molecule has 0 saturated heterocycles. The molecule has 1 saturated carbocycles. The molecule has 43 heavy (non-hydrogen) atoms. The Bertz CT molecular complexity index is 1680. The molecule has 1 aliphatic carbocycles. The van der Waals surface area contributed by atoms with Gasteiger partial charge in [0.2, 0.25) is 5.88 Å². The van der Waals surface area contributed by atoms with Crippen molar-refractivity contribution in [2.75, 3.05) is 58.3 Å². The van der Waals surface area contributed by atoms with E-state index in [9.17, 15) is 0 Å². The van der Waals surface area contributed by atoms with Crippen LogP contribution >= 0.6 is 11.8 Å². The number of rotatable bonds is 10. The minimum Gasteiger partial charge on any atom is -0.475 e. The van der Waals surface area contributed by atoms with Gasteiger partial charge in [-0.3, -0.25) is 0 Å².